The highest BCUT2D eigenvalue weighted by molar-refractivity contribution is 6.32. The number of benzene rings is 2. The van der Waals surface area contributed by atoms with Gasteiger partial charge in [-0.25, -0.2) is 9.97 Å². The van der Waals surface area contributed by atoms with Crippen LogP contribution in [0, 0.1) is 0 Å². The molecule has 0 atom stereocenters. The van der Waals surface area contributed by atoms with Crippen LogP contribution < -0.4 is 24.3 Å². The van der Waals surface area contributed by atoms with Crippen LogP contribution in [-0.4, -0.2) is 29.3 Å². The Bertz CT molecular complexity index is 1030. The molecule has 1 N–H and O–H groups in total. The van der Waals surface area contributed by atoms with Crippen LogP contribution >= 0.6 is 11.6 Å². The second-order valence-electron chi connectivity index (χ2n) is 5.99. The van der Waals surface area contributed by atoms with E-state index in [-0.39, 0.29) is 25.9 Å². The molecule has 3 aromatic rings. The van der Waals surface area contributed by atoms with Gasteiger partial charge in [0.1, 0.15) is 24.5 Å². The zero-order chi connectivity index (χ0) is 20.1. The van der Waals surface area contributed by atoms with Crippen molar-refractivity contribution >= 4 is 23.3 Å². The van der Waals surface area contributed by atoms with Gasteiger partial charge in [-0.3, -0.25) is 4.79 Å². The fourth-order valence-electron chi connectivity index (χ4n) is 2.56. The van der Waals surface area contributed by atoms with Gasteiger partial charge in [-0.15, -0.1) is 0 Å². The first-order valence-corrected chi connectivity index (χ1v) is 9.06. The standard InChI is InChI=1S/C20H16ClN3O5/c21-14-3-1-2-4-15(14)26-10-19(25)24-18-8-20(23-11-22-18)27-9-13-5-6-16-17(7-13)29-12-28-16/h1-8,11H,9-10,12H2,(H,22,23,24,25). The van der Waals surface area contributed by atoms with Crippen molar-refractivity contribution in [3.05, 3.63) is 65.4 Å². The zero-order valence-electron chi connectivity index (χ0n) is 15.1. The largest absolute Gasteiger partial charge is 0.482 e. The van der Waals surface area contributed by atoms with Crippen molar-refractivity contribution in [2.75, 3.05) is 18.7 Å². The minimum absolute atomic E-state index is 0.207. The molecule has 0 aliphatic carbocycles. The number of carbonyl (C=O) groups is 1. The van der Waals surface area contributed by atoms with E-state index in [1.807, 2.05) is 18.2 Å². The van der Waals surface area contributed by atoms with E-state index in [0.717, 1.165) is 5.56 Å². The Morgan fingerprint density at radius 1 is 1.07 bits per heavy atom. The fraction of sp³-hybridized carbons (Fsp3) is 0.150. The molecule has 148 valence electrons. The van der Waals surface area contributed by atoms with E-state index in [2.05, 4.69) is 15.3 Å². The molecule has 0 unspecified atom stereocenters. The van der Waals surface area contributed by atoms with Gasteiger partial charge in [0.2, 0.25) is 12.7 Å². The minimum atomic E-state index is -0.384. The monoisotopic (exact) mass is 413 g/mol. The number of para-hydroxylation sites is 1. The highest BCUT2D eigenvalue weighted by Gasteiger charge is 2.13. The van der Waals surface area contributed by atoms with Gasteiger partial charge in [0, 0.05) is 6.07 Å². The lowest BCUT2D eigenvalue weighted by Gasteiger charge is -2.09. The second-order valence-corrected chi connectivity index (χ2v) is 6.39. The fourth-order valence-corrected chi connectivity index (χ4v) is 2.75. The lowest BCUT2D eigenvalue weighted by molar-refractivity contribution is -0.118. The molecule has 1 aromatic heterocycles. The first-order chi connectivity index (χ1) is 14.2. The molecule has 1 amide bonds. The Kier molecular flexibility index (Phi) is 5.62. The highest BCUT2D eigenvalue weighted by Crippen LogP contribution is 2.32. The van der Waals surface area contributed by atoms with Crippen molar-refractivity contribution < 1.29 is 23.7 Å². The van der Waals surface area contributed by atoms with Crippen molar-refractivity contribution in [3.63, 3.8) is 0 Å². The van der Waals surface area contributed by atoms with Gasteiger partial charge in [-0.1, -0.05) is 29.8 Å². The number of halogens is 1. The third kappa shape index (κ3) is 4.85. The topological polar surface area (TPSA) is 91.8 Å². The number of nitrogens with zero attached hydrogens (tertiary/aromatic N) is 2. The summed E-state index contributed by atoms with van der Waals surface area (Å²) in [5, 5.41) is 3.06. The van der Waals surface area contributed by atoms with Gasteiger partial charge < -0.3 is 24.3 Å². The summed E-state index contributed by atoms with van der Waals surface area (Å²) in [4.78, 5) is 20.2. The number of anilines is 1. The molecule has 0 radical (unpaired) electrons. The summed E-state index contributed by atoms with van der Waals surface area (Å²) in [6.45, 7) is 0.284. The molecule has 2 heterocycles. The molecule has 4 rings (SSSR count). The van der Waals surface area contributed by atoms with E-state index >= 15 is 0 Å². The maximum Gasteiger partial charge on any atom is 0.263 e. The first-order valence-electron chi connectivity index (χ1n) is 8.68. The van der Waals surface area contributed by atoms with Crippen LogP contribution in [0.2, 0.25) is 5.02 Å². The van der Waals surface area contributed by atoms with Crippen LogP contribution in [0.3, 0.4) is 0 Å². The molecule has 0 bridgehead atoms. The third-order valence-corrected chi connectivity index (χ3v) is 4.24. The Balaban J connectivity index is 1.31. The van der Waals surface area contributed by atoms with Crippen LogP contribution in [0.4, 0.5) is 5.82 Å². The number of nitrogens with one attached hydrogen (secondary N) is 1. The van der Waals surface area contributed by atoms with E-state index in [1.165, 1.54) is 12.4 Å². The van der Waals surface area contributed by atoms with E-state index in [4.69, 9.17) is 30.5 Å². The Morgan fingerprint density at radius 3 is 2.83 bits per heavy atom. The summed E-state index contributed by atoms with van der Waals surface area (Å²) >= 11 is 6.00. The number of aromatic nitrogens is 2. The smallest absolute Gasteiger partial charge is 0.263 e. The molecule has 0 saturated carbocycles. The van der Waals surface area contributed by atoms with Crippen LogP contribution in [0.25, 0.3) is 0 Å². The van der Waals surface area contributed by atoms with E-state index in [9.17, 15) is 4.79 Å². The summed E-state index contributed by atoms with van der Waals surface area (Å²) in [6.07, 6.45) is 1.31. The number of hydrogen-bond donors (Lipinski definition) is 1. The predicted molar refractivity (Wildman–Crippen MR) is 105 cm³/mol. The van der Waals surface area contributed by atoms with Crippen molar-refractivity contribution in [1.82, 2.24) is 9.97 Å². The molecular weight excluding hydrogens is 398 g/mol. The van der Waals surface area contributed by atoms with Gasteiger partial charge in [0.15, 0.2) is 18.1 Å². The molecule has 1 aliphatic rings. The summed E-state index contributed by atoms with van der Waals surface area (Å²) in [5.74, 6) is 2.05. The molecule has 1 aliphatic heterocycles. The molecule has 0 saturated heterocycles. The molecule has 29 heavy (non-hydrogen) atoms. The SMILES string of the molecule is O=C(COc1ccccc1Cl)Nc1cc(OCc2ccc3c(c2)OCO3)ncn1. The minimum Gasteiger partial charge on any atom is -0.482 e. The second kappa shape index (κ2) is 8.66. The molecular formula is C20H16ClN3O5. The summed E-state index contributed by atoms with van der Waals surface area (Å²) in [6, 6.07) is 14.0. The van der Waals surface area contributed by atoms with Gasteiger partial charge in [-0.05, 0) is 29.8 Å². The number of hydrogen-bond acceptors (Lipinski definition) is 7. The highest BCUT2D eigenvalue weighted by atomic mass is 35.5. The van der Waals surface area contributed by atoms with Crippen molar-refractivity contribution in [1.29, 1.82) is 0 Å². The molecule has 2 aromatic carbocycles. The lowest BCUT2D eigenvalue weighted by atomic mass is 10.2. The van der Waals surface area contributed by atoms with E-state index in [0.29, 0.717) is 34.0 Å². The quantitative estimate of drug-likeness (QED) is 0.634. The van der Waals surface area contributed by atoms with Crippen LogP contribution in [0.1, 0.15) is 5.56 Å². The van der Waals surface area contributed by atoms with E-state index in [1.54, 1.807) is 24.3 Å². The normalized spacial score (nSPS) is 11.8. The summed E-state index contributed by atoms with van der Waals surface area (Å²) in [7, 11) is 0. The Hall–Kier alpha value is -3.52. The average Bonchev–Trinajstić information content (AvgIpc) is 3.20. The Morgan fingerprint density at radius 2 is 1.93 bits per heavy atom. The molecule has 0 fully saturated rings. The van der Waals surface area contributed by atoms with Crippen molar-refractivity contribution in [3.8, 4) is 23.1 Å². The van der Waals surface area contributed by atoms with Gasteiger partial charge in [-0.2, -0.15) is 0 Å². The number of carbonyl (C=O) groups excluding carboxylic acids is 1. The van der Waals surface area contributed by atoms with Crippen LogP contribution in [0.5, 0.6) is 23.1 Å². The van der Waals surface area contributed by atoms with Crippen LogP contribution in [-0.2, 0) is 11.4 Å². The van der Waals surface area contributed by atoms with Crippen LogP contribution in [0.15, 0.2) is 54.9 Å². The predicted octanol–water partition coefficient (Wildman–Crippen LogP) is 3.46. The number of amides is 1. The third-order valence-electron chi connectivity index (χ3n) is 3.93. The summed E-state index contributed by atoms with van der Waals surface area (Å²) < 4.78 is 21.7. The average molecular weight is 414 g/mol. The first kappa shape index (κ1) is 18.8. The van der Waals surface area contributed by atoms with Gasteiger partial charge in [0.05, 0.1) is 5.02 Å². The lowest BCUT2D eigenvalue weighted by Crippen LogP contribution is -2.21. The molecule has 0 spiro atoms. The van der Waals surface area contributed by atoms with Gasteiger partial charge >= 0.3 is 0 Å². The number of fused-ring (bicyclic) bond motifs is 1. The summed E-state index contributed by atoms with van der Waals surface area (Å²) in [5.41, 5.74) is 0.895. The van der Waals surface area contributed by atoms with Crippen molar-refractivity contribution in [2.45, 2.75) is 6.61 Å². The van der Waals surface area contributed by atoms with Gasteiger partial charge in [0.25, 0.3) is 5.91 Å². The molecule has 8 nitrogen and oxygen atoms in total. The van der Waals surface area contributed by atoms with Crippen molar-refractivity contribution in [2.24, 2.45) is 0 Å². The number of rotatable bonds is 7. The number of ether oxygens (including phenoxy) is 4. The molecule has 9 heteroatoms. The Labute approximate surface area is 171 Å². The maximum atomic E-state index is 12.1. The van der Waals surface area contributed by atoms with E-state index < -0.39 is 0 Å². The zero-order valence-corrected chi connectivity index (χ0v) is 15.9. The maximum absolute atomic E-state index is 12.1.